The van der Waals surface area contributed by atoms with Crippen LogP contribution in [0.25, 0.3) is 0 Å². The van der Waals surface area contributed by atoms with Crippen molar-refractivity contribution in [3.05, 3.63) is 71.5 Å². The maximum atomic E-state index is 4.36. The Morgan fingerprint density at radius 3 is 2.42 bits per heavy atom. The largest absolute Gasteiger partial charge is 0.185 e. The van der Waals surface area contributed by atoms with Crippen LogP contribution in [-0.4, -0.2) is 26.4 Å². The Kier molecular flexibility index (Phi) is 5.07. The van der Waals surface area contributed by atoms with Crippen molar-refractivity contribution in [2.24, 2.45) is 5.92 Å². The second-order valence-electron chi connectivity index (χ2n) is 7.25. The van der Waals surface area contributed by atoms with E-state index in [-0.39, 0.29) is 5.41 Å². The number of tetrazole rings is 1. The normalized spacial score (nSPS) is 23.0. The highest BCUT2D eigenvalue weighted by Crippen LogP contribution is 2.45. The molecule has 0 bridgehead atoms. The number of thioether (sulfide) groups is 1. The molecule has 1 saturated carbocycles. The summed E-state index contributed by atoms with van der Waals surface area (Å²) in [6.45, 7) is 2.14. The van der Waals surface area contributed by atoms with Crippen molar-refractivity contribution in [3.63, 3.8) is 0 Å². The van der Waals surface area contributed by atoms with Crippen LogP contribution in [0.5, 0.6) is 0 Å². The number of rotatable bonds is 5. The van der Waals surface area contributed by atoms with Crippen molar-refractivity contribution in [2.75, 3.05) is 5.75 Å². The molecule has 1 heterocycles. The highest BCUT2D eigenvalue weighted by Gasteiger charge is 2.41. The summed E-state index contributed by atoms with van der Waals surface area (Å²) in [5.41, 5.74) is 2.53. The molecule has 1 aliphatic rings. The van der Waals surface area contributed by atoms with Gasteiger partial charge in [-0.05, 0) is 56.2 Å². The maximum Gasteiger partial charge on any atom is 0.185 e. The summed E-state index contributed by atoms with van der Waals surface area (Å²) in [5, 5.41) is 15.2. The van der Waals surface area contributed by atoms with Gasteiger partial charge >= 0.3 is 0 Å². The number of nitrogens with one attached hydrogen (secondary N) is 1. The molecule has 1 N–H and O–H groups in total. The zero-order valence-electron chi connectivity index (χ0n) is 15.1. The molecule has 1 fully saturated rings. The lowest BCUT2D eigenvalue weighted by Gasteiger charge is -2.38. The molecular formula is C21H24N4S. The van der Waals surface area contributed by atoms with Gasteiger partial charge in [-0.3, -0.25) is 0 Å². The fourth-order valence-electron chi connectivity index (χ4n) is 3.95. The number of nitrogens with zero attached hydrogens (tertiary/aromatic N) is 3. The number of aromatic amines is 1. The van der Waals surface area contributed by atoms with Crippen LogP contribution in [0.4, 0.5) is 0 Å². The molecule has 3 aromatic rings. The maximum absolute atomic E-state index is 4.36. The molecule has 5 heteroatoms. The van der Waals surface area contributed by atoms with E-state index >= 15 is 0 Å². The first-order chi connectivity index (χ1) is 12.8. The van der Waals surface area contributed by atoms with E-state index in [2.05, 4.69) is 82.1 Å². The van der Waals surface area contributed by atoms with Crippen LogP contribution in [0.3, 0.4) is 0 Å². The number of H-pyrrole nitrogens is 1. The molecule has 4 rings (SSSR count). The predicted octanol–water partition coefficient (Wildman–Crippen LogP) is 4.78. The minimum atomic E-state index is -0.0979. The first-order valence-electron chi connectivity index (χ1n) is 9.25. The molecule has 0 aliphatic heterocycles. The molecule has 0 saturated heterocycles. The Labute approximate surface area is 158 Å². The summed E-state index contributed by atoms with van der Waals surface area (Å²) >= 11 is 1.98. The Morgan fingerprint density at radius 2 is 1.77 bits per heavy atom. The molecule has 0 atom stereocenters. The summed E-state index contributed by atoms with van der Waals surface area (Å²) in [7, 11) is 0. The second-order valence-corrected chi connectivity index (χ2v) is 8.34. The molecule has 1 aromatic heterocycles. The van der Waals surface area contributed by atoms with Crippen molar-refractivity contribution >= 4 is 11.8 Å². The average Bonchev–Trinajstić information content (AvgIpc) is 3.24. The molecule has 134 valence electrons. The number of hydrogen-bond donors (Lipinski definition) is 1. The third-order valence-corrected chi connectivity index (χ3v) is 6.81. The molecule has 26 heavy (non-hydrogen) atoms. The van der Waals surface area contributed by atoms with Crippen LogP contribution >= 0.6 is 11.8 Å². The van der Waals surface area contributed by atoms with Crippen molar-refractivity contribution < 1.29 is 0 Å². The van der Waals surface area contributed by atoms with Gasteiger partial charge in [0.05, 0.1) is 5.41 Å². The minimum absolute atomic E-state index is 0.0979. The van der Waals surface area contributed by atoms with Crippen LogP contribution in [0.1, 0.15) is 42.6 Å². The smallest absolute Gasteiger partial charge is 0.177 e. The molecule has 2 aromatic carbocycles. The predicted molar refractivity (Wildman–Crippen MR) is 105 cm³/mol. The Morgan fingerprint density at radius 1 is 1.04 bits per heavy atom. The summed E-state index contributed by atoms with van der Waals surface area (Å²) in [6.07, 6.45) is 4.55. The summed E-state index contributed by atoms with van der Waals surface area (Å²) < 4.78 is 0. The lowest BCUT2D eigenvalue weighted by Crippen LogP contribution is -2.35. The lowest BCUT2D eigenvalue weighted by atomic mass is 9.66. The van der Waals surface area contributed by atoms with Crippen molar-refractivity contribution in [1.29, 1.82) is 0 Å². The molecule has 4 nitrogen and oxygen atoms in total. The minimum Gasteiger partial charge on any atom is -0.177 e. The quantitative estimate of drug-likeness (QED) is 0.662. The van der Waals surface area contributed by atoms with Gasteiger partial charge in [-0.2, -0.15) is 5.21 Å². The van der Waals surface area contributed by atoms with Gasteiger partial charge < -0.3 is 0 Å². The molecule has 1 aliphatic carbocycles. The highest BCUT2D eigenvalue weighted by molar-refractivity contribution is 7.99. The third kappa shape index (κ3) is 3.54. The van der Waals surface area contributed by atoms with Gasteiger partial charge in [0.1, 0.15) is 0 Å². The molecule has 0 spiro atoms. The fourth-order valence-corrected chi connectivity index (χ4v) is 5.04. The van der Waals surface area contributed by atoms with E-state index in [9.17, 15) is 0 Å². The van der Waals surface area contributed by atoms with Gasteiger partial charge in [-0.25, -0.2) is 0 Å². The number of aromatic nitrogens is 4. The van der Waals surface area contributed by atoms with Gasteiger partial charge in [0, 0.05) is 10.6 Å². The SMILES string of the molecule is Cc1ccc(SCC2CCC(c3ccccc3)(c3nn[nH]n3)CC2)cc1. The van der Waals surface area contributed by atoms with Gasteiger partial charge in [-0.15, -0.1) is 22.0 Å². The van der Waals surface area contributed by atoms with E-state index in [1.165, 1.54) is 34.6 Å². The van der Waals surface area contributed by atoms with E-state index < -0.39 is 0 Å². The average molecular weight is 365 g/mol. The monoisotopic (exact) mass is 364 g/mol. The van der Waals surface area contributed by atoms with Crippen LogP contribution in [0.2, 0.25) is 0 Å². The molecular weight excluding hydrogens is 340 g/mol. The van der Waals surface area contributed by atoms with E-state index in [0.717, 1.165) is 24.6 Å². The molecule has 0 unspecified atom stereocenters. The fraction of sp³-hybridized carbons (Fsp3) is 0.381. The first-order valence-corrected chi connectivity index (χ1v) is 10.2. The zero-order chi connectivity index (χ0) is 17.8. The van der Waals surface area contributed by atoms with Gasteiger partial charge in [-0.1, -0.05) is 53.2 Å². The van der Waals surface area contributed by atoms with Crippen LogP contribution in [0.15, 0.2) is 59.5 Å². The Balaban J connectivity index is 1.45. The third-order valence-electron chi connectivity index (χ3n) is 5.57. The van der Waals surface area contributed by atoms with E-state index in [4.69, 9.17) is 0 Å². The Bertz CT molecular complexity index is 807. The standard InChI is InChI=1S/C21H24N4S/c1-16-7-9-19(10-8-16)26-15-17-11-13-21(14-12-17,20-22-24-25-23-20)18-5-3-2-4-6-18/h2-10,17H,11-15H2,1H3,(H,22,23,24,25). The first kappa shape index (κ1) is 17.3. The highest BCUT2D eigenvalue weighted by atomic mass is 32.2. The topological polar surface area (TPSA) is 54.5 Å². The van der Waals surface area contributed by atoms with Crippen molar-refractivity contribution in [3.8, 4) is 0 Å². The van der Waals surface area contributed by atoms with Gasteiger partial charge in [0.2, 0.25) is 0 Å². The van der Waals surface area contributed by atoms with Crippen LogP contribution in [0, 0.1) is 12.8 Å². The summed E-state index contributed by atoms with van der Waals surface area (Å²) in [5.74, 6) is 2.76. The van der Waals surface area contributed by atoms with Gasteiger partial charge in [0.15, 0.2) is 5.82 Å². The lowest BCUT2D eigenvalue weighted by molar-refractivity contribution is 0.273. The Hall–Kier alpha value is -2.14. The van der Waals surface area contributed by atoms with Crippen molar-refractivity contribution in [2.45, 2.75) is 42.9 Å². The summed E-state index contributed by atoms with van der Waals surface area (Å²) in [6, 6.07) is 19.5. The molecule has 0 radical (unpaired) electrons. The van der Waals surface area contributed by atoms with Gasteiger partial charge in [0.25, 0.3) is 0 Å². The number of benzene rings is 2. The van der Waals surface area contributed by atoms with Crippen LogP contribution < -0.4 is 0 Å². The number of hydrogen-bond acceptors (Lipinski definition) is 4. The van der Waals surface area contributed by atoms with E-state index in [1.54, 1.807) is 0 Å². The van der Waals surface area contributed by atoms with E-state index in [1.807, 2.05) is 11.8 Å². The van der Waals surface area contributed by atoms with Crippen molar-refractivity contribution in [1.82, 2.24) is 20.6 Å². The number of aryl methyl sites for hydroxylation is 1. The zero-order valence-corrected chi connectivity index (χ0v) is 15.9. The second kappa shape index (κ2) is 7.62. The summed E-state index contributed by atoms with van der Waals surface area (Å²) in [4.78, 5) is 1.37. The van der Waals surface area contributed by atoms with Crippen LogP contribution in [-0.2, 0) is 5.41 Å². The molecule has 0 amide bonds. The van der Waals surface area contributed by atoms with E-state index in [0.29, 0.717) is 0 Å².